The third-order valence-corrected chi connectivity index (χ3v) is 2.01. The molecule has 0 atom stereocenters. The number of ether oxygens (including phenoxy) is 1. The number of nitrogens with zero attached hydrogens (tertiary/aromatic N) is 2. The summed E-state index contributed by atoms with van der Waals surface area (Å²) < 4.78 is 39.6. The number of amides is 1. The smallest absolute Gasteiger partial charge is 0.372 e. The maximum Gasteiger partial charge on any atom is 0.411 e. The summed E-state index contributed by atoms with van der Waals surface area (Å²) >= 11 is 5.66. The summed E-state index contributed by atoms with van der Waals surface area (Å²) in [5.41, 5.74) is 0.559. The Labute approximate surface area is 112 Å². The average molecular weight is 298 g/mol. The van der Waals surface area contributed by atoms with Gasteiger partial charge in [-0.25, -0.2) is 9.97 Å². The average Bonchev–Trinajstić information content (AvgIpc) is 2.21. The van der Waals surface area contributed by atoms with Crippen LogP contribution >= 0.6 is 11.6 Å². The minimum Gasteiger partial charge on any atom is -0.372 e. The lowest BCUT2D eigenvalue weighted by Crippen LogP contribution is -2.20. The Morgan fingerprint density at radius 1 is 1.47 bits per heavy atom. The molecule has 106 valence electrons. The van der Waals surface area contributed by atoms with Gasteiger partial charge in [-0.15, -0.1) is 0 Å². The summed E-state index contributed by atoms with van der Waals surface area (Å²) in [4.78, 5) is 19.0. The molecule has 0 saturated heterocycles. The van der Waals surface area contributed by atoms with Crippen molar-refractivity contribution in [2.75, 3.05) is 18.5 Å². The van der Waals surface area contributed by atoms with E-state index in [4.69, 9.17) is 11.6 Å². The molecular formula is C10H11ClF3N3O2. The number of rotatable bonds is 5. The van der Waals surface area contributed by atoms with Gasteiger partial charge < -0.3 is 4.74 Å². The number of anilines is 1. The fourth-order valence-electron chi connectivity index (χ4n) is 1.13. The van der Waals surface area contributed by atoms with Crippen molar-refractivity contribution >= 4 is 23.5 Å². The third kappa shape index (κ3) is 6.92. The summed E-state index contributed by atoms with van der Waals surface area (Å²) in [6.07, 6.45) is -4.63. The summed E-state index contributed by atoms with van der Waals surface area (Å²) in [6.45, 7) is -0.0619. The van der Waals surface area contributed by atoms with E-state index >= 15 is 0 Å². The van der Waals surface area contributed by atoms with Crippen molar-refractivity contribution in [2.24, 2.45) is 0 Å². The molecule has 1 amide bonds. The molecule has 5 nitrogen and oxygen atoms in total. The molecular weight excluding hydrogens is 287 g/mol. The number of aryl methyl sites for hydroxylation is 1. The predicted molar refractivity (Wildman–Crippen MR) is 61.9 cm³/mol. The van der Waals surface area contributed by atoms with Crippen LogP contribution in [0.25, 0.3) is 0 Å². The molecule has 1 aromatic heterocycles. The molecule has 0 aliphatic heterocycles. The quantitative estimate of drug-likeness (QED) is 0.669. The maximum absolute atomic E-state index is 11.8. The largest absolute Gasteiger partial charge is 0.411 e. The number of halogens is 4. The third-order valence-electron chi connectivity index (χ3n) is 1.81. The SMILES string of the molecule is Cc1cc(Cl)nc(NC(=O)CCOCC(F)(F)F)n1. The Kier molecular flexibility index (Phi) is 5.49. The Morgan fingerprint density at radius 2 is 2.16 bits per heavy atom. The summed E-state index contributed by atoms with van der Waals surface area (Å²) in [6, 6.07) is 1.50. The molecule has 0 aliphatic carbocycles. The fraction of sp³-hybridized carbons (Fsp3) is 0.500. The minimum absolute atomic E-state index is 0.00539. The van der Waals surface area contributed by atoms with E-state index in [1.807, 2.05) is 0 Å². The number of carbonyl (C=O) groups is 1. The van der Waals surface area contributed by atoms with E-state index in [9.17, 15) is 18.0 Å². The molecule has 19 heavy (non-hydrogen) atoms. The summed E-state index contributed by atoms with van der Waals surface area (Å²) in [5.74, 6) is -0.547. The van der Waals surface area contributed by atoms with Gasteiger partial charge in [0.2, 0.25) is 11.9 Å². The van der Waals surface area contributed by atoms with Gasteiger partial charge in [-0.05, 0) is 13.0 Å². The highest BCUT2D eigenvalue weighted by atomic mass is 35.5. The Bertz CT molecular complexity index is 434. The van der Waals surface area contributed by atoms with Gasteiger partial charge in [0.15, 0.2) is 0 Å². The van der Waals surface area contributed by atoms with Crippen molar-refractivity contribution in [1.82, 2.24) is 9.97 Å². The molecule has 0 aliphatic rings. The van der Waals surface area contributed by atoms with E-state index < -0.39 is 18.7 Å². The zero-order chi connectivity index (χ0) is 14.5. The maximum atomic E-state index is 11.8. The van der Waals surface area contributed by atoms with Crippen LogP contribution in [0.3, 0.4) is 0 Å². The number of hydrogen-bond donors (Lipinski definition) is 1. The van der Waals surface area contributed by atoms with Gasteiger partial charge in [-0.3, -0.25) is 10.1 Å². The highest BCUT2D eigenvalue weighted by Gasteiger charge is 2.27. The van der Waals surface area contributed by atoms with Crippen LogP contribution in [0.1, 0.15) is 12.1 Å². The molecule has 9 heteroatoms. The second-order valence-electron chi connectivity index (χ2n) is 3.62. The first-order chi connectivity index (χ1) is 8.76. The van der Waals surface area contributed by atoms with Crippen LogP contribution in [0.5, 0.6) is 0 Å². The van der Waals surface area contributed by atoms with Crippen molar-refractivity contribution < 1.29 is 22.7 Å². The molecule has 0 bridgehead atoms. The molecule has 0 spiro atoms. The number of nitrogens with one attached hydrogen (secondary N) is 1. The Balaban J connectivity index is 2.35. The van der Waals surface area contributed by atoms with Crippen LogP contribution < -0.4 is 5.32 Å². The topological polar surface area (TPSA) is 64.1 Å². The zero-order valence-electron chi connectivity index (χ0n) is 9.92. The van der Waals surface area contributed by atoms with Crippen LogP contribution in [0.4, 0.5) is 19.1 Å². The van der Waals surface area contributed by atoms with E-state index in [-0.39, 0.29) is 24.1 Å². The first-order valence-corrected chi connectivity index (χ1v) is 5.59. The first-order valence-electron chi connectivity index (χ1n) is 5.22. The van der Waals surface area contributed by atoms with E-state index in [2.05, 4.69) is 20.0 Å². The lowest BCUT2D eigenvalue weighted by atomic mass is 10.4. The molecule has 1 rings (SSSR count). The molecule has 0 aromatic carbocycles. The van der Waals surface area contributed by atoms with Crippen LogP contribution in [0.15, 0.2) is 6.07 Å². The first kappa shape index (κ1) is 15.6. The number of alkyl halides is 3. The predicted octanol–water partition coefficient (Wildman–Crippen LogP) is 2.35. The standard InChI is InChI=1S/C10H11ClF3N3O2/c1-6-4-7(11)16-9(15-6)17-8(18)2-3-19-5-10(12,13)14/h4H,2-3,5H2,1H3,(H,15,16,17,18). The molecule has 1 N–H and O–H groups in total. The second kappa shape index (κ2) is 6.67. The summed E-state index contributed by atoms with van der Waals surface area (Å²) in [7, 11) is 0. The molecule has 1 heterocycles. The van der Waals surface area contributed by atoms with E-state index in [0.29, 0.717) is 5.69 Å². The van der Waals surface area contributed by atoms with Gasteiger partial charge in [0.05, 0.1) is 13.0 Å². The molecule has 1 aromatic rings. The monoisotopic (exact) mass is 297 g/mol. The van der Waals surface area contributed by atoms with Crippen molar-refractivity contribution in [1.29, 1.82) is 0 Å². The molecule has 0 fully saturated rings. The van der Waals surface area contributed by atoms with Crippen LogP contribution in [-0.2, 0) is 9.53 Å². The molecule has 0 saturated carbocycles. The highest BCUT2D eigenvalue weighted by molar-refractivity contribution is 6.29. The molecule has 0 unspecified atom stereocenters. The number of hydrogen-bond acceptors (Lipinski definition) is 4. The minimum atomic E-state index is -4.40. The Morgan fingerprint density at radius 3 is 2.74 bits per heavy atom. The normalized spacial score (nSPS) is 11.4. The van der Waals surface area contributed by atoms with Crippen molar-refractivity contribution in [2.45, 2.75) is 19.5 Å². The lowest BCUT2D eigenvalue weighted by Gasteiger charge is -2.07. The second-order valence-corrected chi connectivity index (χ2v) is 4.01. The van der Waals surface area contributed by atoms with Gasteiger partial charge in [0.1, 0.15) is 11.8 Å². The van der Waals surface area contributed by atoms with Crippen LogP contribution in [0, 0.1) is 6.92 Å². The van der Waals surface area contributed by atoms with Gasteiger partial charge >= 0.3 is 6.18 Å². The van der Waals surface area contributed by atoms with Gasteiger partial charge in [-0.2, -0.15) is 13.2 Å². The van der Waals surface area contributed by atoms with Gasteiger partial charge in [0.25, 0.3) is 0 Å². The van der Waals surface area contributed by atoms with Crippen LogP contribution in [-0.4, -0.2) is 35.3 Å². The fourth-order valence-corrected chi connectivity index (χ4v) is 1.36. The van der Waals surface area contributed by atoms with E-state index in [1.165, 1.54) is 6.07 Å². The van der Waals surface area contributed by atoms with Gasteiger partial charge in [-0.1, -0.05) is 11.6 Å². The summed E-state index contributed by atoms with van der Waals surface area (Å²) in [5, 5.41) is 2.48. The van der Waals surface area contributed by atoms with Crippen LogP contribution in [0.2, 0.25) is 5.15 Å². The van der Waals surface area contributed by atoms with Crippen molar-refractivity contribution in [3.63, 3.8) is 0 Å². The Hall–Kier alpha value is -1.41. The highest BCUT2D eigenvalue weighted by Crippen LogP contribution is 2.14. The van der Waals surface area contributed by atoms with Gasteiger partial charge in [0, 0.05) is 5.69 Å². The van der Waals surface area contributed by atoms with E-state index in [0.717, 1.165) is 0 Å². The number of carbonyl (C=O) groups excluding carboxylic acids is 1. The zero-order valence-corrected chi connectivity index (χ0v) is 10.7. The van der Waals surface area contributed by atoms with Crippen molar-refractivity contribution in [3.8, 4) is 0 Å². The van der Waals surface area contributed by atoms with Crippen molar-refractivity contribution in [3.05, 3.63) is 16.9 Å². The van der Waals surface area contributed by atoms with E-state index in [1.54, 1.807) is 6.92 Å². The molecule has 0 radical (unpaired) electrons. The lowest BCUT2D eigenvalue weighted by molar-refractivity contribution is -0.174. The number of aromatic nitrogens is 2.